The molecule has 0 spiro atoms. The number of methoxy groups -OCH3 is 1. The fourth-order valence-corrected chi connectivity index (χ4v) is 1.68. The summed E-state index contributed by atoms with van der Waals surface area (Å²) in [5.41, 5.74) is 0. The SMILES string of the molecule is CCCCCCCCCCCC(=O)OC.[H-].[Na+]. The topological polar surface area (TPSA) is 26.3 Å². The maximum atomic E-state index is 10.8. The molecule has 0 aliphatic carbocycles. The van der Waals surface area contributed by atoms with Gasteiger partial charge in [-0.3, -0.25) is 4.79 Å². The van der Waals surface area contributed by atoms with Crippen LogP contribution in [0.25, 0.3) is 0 Å². The first-order valence-electron chi connectivity index (χ1n) is 6.38. The van der Waals surface area contributed by atoms with Gasteiger partial charge in [0.05, 0.1) is 7.11 Å². The summed E-state index contributed by atoms with van der Waals surface area (Å²) < 4.78 is 4.58. The zero-order valence-corrected chi connectivity index (χ0v) is 13.4. The van der Waals surface area contributed by atoms with E-state index in [9.17, 15) is 4.79 Å². The van der Waals surface area contributed by atoms with Gasteiger partial charge in [0.15, 0.2) is 0 Å². The molecule has 92 valence electrons. The van der Waals surface area contributed by atoms with E-state index in [0.29, 0.717) is 6.42 Å². The zero-order valence-electron chi connectivity index (χ0n) is 12.4. The molecule has 0 aromatic carbocycles. The van der Waals surface area contributed by atoms with Crippen LogP contribution in [0.1, 0.15) is 72.6 Å². The van der Waals surface area contributed by atoms with Gasteiger partial charge in [-0.25, -0.2) is 0 Å². The van der Waals surface area contributed by atoms with E-state index < -0.39 is 0 Å². The Morgan fingerprint density at radius 1 is 0.938 bits per heavy atom. The van der Waals surface area contributed by atoms with Gasteiger partial charge in [-0.1, -0.05) is 58.3 Å². The molecule has 3 heteroatoms. The van der Waals surface area contributed by atoms with Crippen LogP contribution in [0, 0.1) is 0 Å². The van der Waals surface area contributed by atoms with E-state index in [-0.39, 0.29) is 37.0 Å². The molecule has 0 aliphatic heterocycles. The molecule has 0 bridgehead atoms. The van der Waals surface area contributed by atoms with Crippen molar-refractivity contribution in [1.82, 2.24) is 0 Å². The summed E-state index contributed by atoms with van der Waals surface area (Å²) in [7, 11) is 1.45. The van der Waals surface area contributed by atoms with Crippen molar-refractivity contribution >= 4 is 5.97 Å². The van der Waals surface area contributed by atoms with Crippen LogP contribution in [0.4, 0.5) is 0 Å². The molecule has 0 radical (unpaired) electrons. The largest absolute Gasteiger partial charge is 1.00 e. The predicted molar refractivity (Wildman–Crippen MR) is 65.0 cm³/mol. The molecule has 0 aromatic heterocycles. The smallest absolute Gasteiger partial charge is 1.00 e. The van der Waals surface area contributed by atoms with Gasteiger partial charge in [-0.05, 0) is 6.42 Å². The van der Waals surface area contributed by atoms with Crippen molar-refractivity contribution < 1.29 is 40.5 Å². The van der Waals surface area contributed by atoms with E-state index in [0.717, 1.165) is 6.42 Å². The van der Waals surface area contributed by atoms with Crippen molar-refractivity contribution in [2.75, 3.05) is 7.11 Å². The first-order valence-corrected chi connectivity index (χ1v) is 6.38. The number of esters is 1. The van der Waals surface area contributed by atoms with Crippen molar-refractivity contribution in [1.29, 1.82) is 0 Å². The van der Waals surface area contributed by atoms with E-state index in [1.807, 2.05) is 0 Å². The molecule has 0 saturated heterocycles. The van der Waals surface area contributed by atoms with Crippen molar-refractivity contribution in [2.24, 2.45) is 0 Å². The van der Waals surface area contributed by atoms with Crippen molar-refractivity contribution in [3.8, 4) is 0 Å². The quantitative estimate of drug-likeness (QED) is 0.325. The fourth-order valence-electron chi connectivity index (χ4n) is 1.68. The Kier molecular flexibility index (Phi) is 18.2. The van der Waals surface area contributed by atoms with Crippen molar-refractivity contribution in [2.45, 2.75) is 71.1 Å². The van der Waals surface area contributed by atoms with Crippen LogP contribution in [0.3, 0.4) is 0 Å². The van der Waals surface area contributed by atoms with E-state index in [2.05, 4.69) is 11.7 Å². The molecule has 0 unspecified atom stereocenters. The standard InChI is InChI=1S/C13H26O2.Na.H/c1-3-4-5-6-7-8-9-10-11-12-13(14)15-2;;/h3-12H2,1-2H3;;/q;+1;-1. The number of hydrogen-bond acceptors (Lipinski definition) is 2. The number of hydrogen-bond donors (Lipinski definition) is 0. The van der Waals surface area contributed by atoms with E-state index in [4.69, 9.17) is 0 Å². The van der Waals surface area contributed by atoms with Gasteiger partial charge in [0, 0.05) is 6.42 Å². The second kappa shape index (κ2) is 15.5. The average molecular weight is 238 g/mol. The zero-order chi connectivity index (χ0) is 11.4. The van der Waals surface area contributed by atoms with Crippen LogP contribution >= 0.6 is 0 Å². The van der Waals surface area contributed by atoms with Crippen LogP contribution in [-0.2, 0) is 9.53 Å². The Labute approximate surface area is 124 Å². The number of unbranched alkanes of at least 4 members (excludes halogenated alkanes) is 8. The van der Waals surface area contributed by atoms with Gasteiger partial charge >= 0.3 is 35.5 Å². The molecule has 0 N–H and O–H groups in total. The number of rotatable bonds is 10. The Morgan fingerprint density at radius 3 is 1.81 bits per heavy atom. The van der Waals surface area contributed by atoms with E-state index in [1.165, 1.54) is 58.5 Å². The molecule has 0 fully saturated rings. The van der Waals surface area contributed by atoms with Crippen molar-refractivity contribution in [3.63, 3.8) is 0 Å². The van der Waals surface area contributed by atoms with E-state index in [1.54, 1.807) is 0 Å². The molecule has 0 amide bonds. The maximum absolute atomic E-state index is 10.8. The van der Waals surface area contributed by atoms with Gasteiger partial charge in [-0.2, -0.15) is 0 Å². The third kappa shape index (κ3) is 14.5. The Hall–Kier alpha value is 0.470. The van der Waals surface area contributed by atoms with Crippen molar-refractivity contribution in [3.05, 3.63) is 0 Å². The summed E-state index contributed by atoms with van der Waals surface area (Å²) in [4.78, 5) is 10.8. The first-order chi connectivity index (χ1) is 7.31. The Balaban J connectivity index is -0.000000980. The number of carbonyl (C=O) groups excluding carboxylic acids is 1. The van der Waals surface area contributed by atoms with Crippen LogP contribution in [0.15, 0.2) is 0 Å². The molecule has 0 saturated carbocycles. The minimum atomic E-state index is -0.0713. The van der Waals surface area contributed by atoms with Crippen LogP contribution in [-0.4, -0.2) is 13.1 Å². The molecule has 0 aromatic rings. The molecule has 0 heterocycles. The number of ether oxygens (including phenoxy) is 1. The molecule has 0 atom stereocenters. The van der Waals surface area contributed by atoms with Crippen LogP contribution in [0.5, 0.6) is 0 Å². The first kappa shape index (κ1) is 18.8. The summed E-state index contributed by atoms with van der Waals surface area (Å²) in [6.07, 6.45) is 12.2. The van der Waals surface area contributed by atoms with E-state index >= 15 is 0 Å². The molecular formula is C13H27NaO2. The molecule has 2 nitrogen and oxygen atoms in total. The van der Waals surface area contributed by atoms with Gasteiger partial charge in [-0.15, -0.1) is 0 Å². The van der Waals surface area contributed by atoms with Gasteiger partial charge < -0.3 is 6.16 Å². The minimum Gasteiger partial charge on any atom is -1.00 e. The molecule has 0 aliphatic rings. The summed E-state index contributed by atoms with van der Waals surface area (Å²) in [5, 5.41) is 0. The fraction of sp³-hybridized carbons (Fsp3) is 0.923. The summed E-state index contributed by atoms with van der Waals surface area (Å²) in [6, 6.07) is 0. The molecule has 16 heavy (non-hydrogen) atoms. The minimum absolute atomic E-state index is 0. The summed E-state index contributed by atoms with van der Waals surface area (Å²) >= 11 is 0. The summed E-state index contributed by atoms with van der Waals surface area (Å²) in [6.45, 7) is 2.24. The number of carbonyl (C=O) groups is 1. The Bertz CT molecular complexity index is 154. The van der Waals surface area contributed by atoms with Crippen LogP contribution in [0.2, 0.25) is 0 Å². The monoisotopic (exact) mass is 238 g/mol. The van der Waals surface area contributed by atoms with Crippen LogP contribution < -0.4 is 29.6 Å². The third-order valence-electron chi connectivity index (χ3n) is 2.71. The Morgan fingerprint density at radius 2 is 1.38 bits per heavy atom. The predicted octanol–water partition coefficient (Wildman–Crippen LogP) is 1.20. The molecular weight excluding hydrogens is 211 g/mol. The second-order valence-corrected chi connectivity index (χ2v) is 4.15. The van der Waals surface area contributed by atoms with Gasteiger partial charge in [0.25, 0.3) is 0 Å². The maximum Gasteiger partial charge on any atom is 1.00 e. The summed E-state index contributed by atoms with van der Waals surface area (Å²) in [5.74, 6) is -0.0713. The normalized spacial score (nSPS) is 9.62. The molecule has 0 rings (SSSR count). The second-order valence-electron chi connectivity index (χ2n) is 4.15. The van der Waals surface area contributed by atoms with Gasteiger partial charge in [0.1, 0.15) is 0 Å². The van der Waals surface area contributed by atoms with Gasteiger partial charge in [0.2, 0.25) is 0 Å². The third-order valence-corrected chi connectivity index (χ3v) is 2.71. The average Bonchev–Trinajstić information content (AvgIpc) is 2.26.